The summed E-state index contributed by atoms with van der Waals surface area (Å²) in [6.07, 6.45) is 1.13. The molecule has 3 heteroatoms. The molecule has 0 aliphatic carbocycles. The summed E-state index contributed by atoms with van der Waals surface area (Å²) in [6.45, 7) is 7.04. The highest BCUT2D eigenvalue weighted by molar-refractivity contribution is 5.88. The molecule has 0 aromatic rings. The van der Waals surface area contributed by atoms with Crippen LogP contribution >= 0.6 is 0 Å². The average molecular weight is 168 g/mol. The summed E-state index contributed by atoms with van der Waals surface area (Å²) >= 11 is 0. The zero-order valence-electron chi connectivity index (χ0n) is 7.76. The third kappa shape index (κ3) is 1.04. The molecule has 2 heterocycles. The molecule has 1 N–H and O–H groups in total. The van der Waals surface area contributed by atoms with Crippen LogP contribution in [0.5, 0.6) is 0 Å². The van der Waals surface area contributed by atoms with Crippen molar-refractivity contribution in [3.05, 3.63) is 0 Å². The molecule has 0 aromatic heterocycles. The zero-order chi connectivity index (χ0) is 8.77. The monoisotopic (exact) mass is 168 g/mol. The second kappa shape index (κ2) is 2.46. The highest BCUT2D eigenvalue weighted by Gasteiger charge is 2.47. The van der Waals surface area contributed by atoms with Crippen molar-refractivity contribution < 1.29 is 4.79 Å². The summed E-state index contributed by atoms with van der Waals surface area (Å²) in [4.78, 5) is 13.6. The largest absolute Gasteiger partial charge is 0.337 e. The van der Waals surface area contributed by atoms with E-state index in [9.17, 15) is 4.79 Å². The van der Waals surface area contributed by atoms with E-state index in [2.05, 4.69) is 5.32 Å². The maximum atomic E-state index is 11.6. The minimum atomic E-state index is -0.0808. The first-order chi connectivity index (χ1) is 5.61. The predicted molar refractivity (Wildman–Crippen MR) is 46.8 cm³/mol. The van der Waals surface area contributed by atoms with Gasteiger partial charge in [-0.3, -0.25) is 4.79 Å². The fraction of sp³-hybridized carbons (Fsp3) is 0.889. The predicted octanol–water partition coefficient (Wildman–Crippen LogP) is 0.217. The first kappa shape index (κ1) is 8.05. The molecule has 1 atom stereocenters. The van der Waals surface area contributed by atoms with Crippen LogP contribution in [0.1, 0.15) is 20.3 Å². The Morgan fingerprint density at radius 3 is 2.75 bits per heavy atom. The number of hydrogen-bond acceptors (Lipinski definition) is 2. The highest BCUT2D eigenvalue weighted by Crippen LogP contribution is 2.33. The van der Waals surface area contributed by atoms with Gasteiger partial charge in [0, 0.05) is 19.1 Å². The molecule has 1 unspecified atom stereocenters. The van der Waals surface area contributed by atoms with Gasteiger partial charge in [0.25, 0.3) is 0 Å². The van der Waals surface area contributed by atoms with Crippen LogP contribution in [0, 0.1) is 5.41 Å². The van der Waals surface area contributed by atoms with Crippen molar-refractivity contribution in [2.45, 2.75) is 26.3 Å². The summed E-state index contributed by atoms with van der Waals surface area (Å²) in [5.41, 5.74) is -0.0808. The number of amides is 1. The summed E-state index contributed by atoms with van der Waals surface area (Å²) in [5.74, 6) is 0.330. The molecule has 3 nitrogen and oxygen atoms in total. The molecule has 2 fully saturated rings. The van der Waals surface area contributed by atoms with Crippen molar-refractivity contribution in [3.63, 3.8) is 0 Å². The summed E-state index contributed by atoms with van der Waals surface area (Å²) in [7, 11) is 0. The normalized spacial score (nSPS) is 33.7. The first-order valence-electron chi connectivity index (χ1n) is 4.63. The Balaban J connectivity index is 1.96. The number of carbonyl (C=O) groups is 1. The number of likely N-dealkylation sites (tertiary alicyclic amines) is 1. The fourth-order valence-corrected chi connectivity index (χ4v) is 2.06. The number of carbonyl (C=O) groups excluding carboxylic acids is 1. The lowest BCUT2D eigenvalue weighted by Gasteiger charge is -2.47. The molecule has 68 valence electrons. The van der Waals surface area contributed by atoms with E-state index in [1.165, 1.54) is 0 Å². The molecular formula is C9H16N2O. The second-order valence-electron chi connectivity index (χ2n) is 4.46. The molecular weight excluding hydrogens is 152 g/mol. The van der Waals surface area contributed by atoms with Gasteiger partial charge in [0.1, 0.15) is 0 Å². The Hall–Kier alpha value is -0.570. The van der Waals surface area contributed by atoms with Gasteiger partial charge in [0.15, 0.2) is 0 Å². The average Bonchev–Trinajstić information content (AvgIpc) is 2.52. The van der Waals surface area contributed by atoms with E-state index in [0.717, 1.165) is 26.1 Å². The zero-order valence-corrected chi connectivity index (χ0v) is 7.76. The number of β-lactam (4-membered cyclic amide) rings is 1. The topological polar surface area (TPSA) is 32.3 Å². The Kier molecular flexibility index (Phi) is 1.65. The van der Waals surface area contributed by atoms with Gasteiger partial charge in [-0.15, -0.1) is 0 Å². The third-order valence-electron chi connectivity index (χ3n) is 2.88. The molecule has 0 bridgehead atoms. The van der Waals surface area contributed by atoms with Crippen LogP contribution in [0.2, 0.25) is 0 Å². The van der Waals surface area contributed by atoms with Crippen LogP contribution in [0.25, 0.3) is 0 Å². The van der Waals surface area contributed by atoms with Gasteiger partial charge in [-0.05, 0) is 26.8 Å². The number of hydrogen-bond donors (Lipinski definition) is 1. The Morgan fingerprint density at radius 2 is 2.33 bits per heavy atom. The van der Waals surface area contributed by atoms with Crippen molar-refractivity contribution in [2.24, 2.45) is 5.41 Å². The van der Waals surface area contributed by atoms with E-state index in [0.29, 0.717) is 11.9 Å². The molecule has 2 saturated heterocycles. The van der Waals surface area contributed by atoms with Crippen molar-refractivity contribution in [1.82, 2.24) is 10.2 Å². The van der Waals surface area contributed by atoms with Gasteiger partial charge in [-0.2, -0.15) is 0 Å². The van der Waals surface area contributed by atoms with E-state index in [4.69, 9.17) is 0 Å². The minimum Gasteiger partial charge on any atom is -0.337 e. The van der Waals surface area contributed by atoms with Gasteiger partial charge in [0.05, 0.1) is 5.41 Å². The van der Waals surface area contributed by atoms with Gasteiger partial charge in [-0.25, -0.2) is 0 Å². The van der Waals surface area contributed by atoms with Gasteiger partial charge in [0.2, 0.25) is 5.91 Å². The van der Waals surface area contributed by atoms with Crippen LogP contribution in [0.3, 0.4) is 0 Å². The van der Waals surface area contributed by atoms with Gasteiger partial charge >= 0.3 is 0 Å². The SMILES string of the molecule is CC1(C)CN(C2CCNC2)C1=O. The van der Waals surface area contributed by atoms with Crippen LogP contribution in [-0.2, 0) is 4.79 Å². The Morgan fingerprint density at radius 1 is 1.58 bits per heavy atom. The van der Waals surface area contributed by atoms with Crippen LogP contribution < -0.4 is 5.32 Å². The lowest BCUT2D eigenvalue weighted by molar-refractivity contribution is -0.160. The van der Waals surface area contributed by atoms with Crippen molar-refractivity contribution >= 4 is 5.91 Å². The molecule has 2 rings (SSSR count). The molecule has 12 heavy (non-hydrogen) atoms. The quantitative estimate of drug-likeness (QED) is 0.568. The molecule has 0 spiro atoms. The summed E-state index contributed by atoms with van der Waals surface area (Å²) in [5, 5.41) is 3.28. The molecule has 0 radical (unpaired) electrons. The fourth-order valence-electron chi connectivity index (χ4n) is 2.06. The van der Waals surface area contributed by atoms with Crippen LogP contribution in [0.15, 0.2) is 0 Å². The van der Waals surface area contributed by atoms with Crippen molar-refractivity contribution in [1.29, 1.82) is 0 Å². The second-order valence-corrected chi connectivity index (χ2v) is 4.46. The summed E-state index contributed by atoms with van der Waals surface area (Å²) < 4.78 is 0. The number of nitrogens with zero attached hydrogens (tertiary/aromatic N) is 1. The molecule has 2 aliphatic heterocycles. The lowest BCUT2D eigenvalue weighted by atomic mass is 9.82. The Bertz CT molecular complexity index is 207. The standard InChI is InChI=1S/C9H16N2O/c1-9(2)6-11(8(9)12)7-3-4-10-5-7/h7,10H,3-6H2,1-2H3. The van der Waals surface area contributed by atoms with Gasteiger partial charge in [-0.1, -0.05) is 0 Å². The van der Waals surface area contributed by atoms with Crippen LogP contribution in [0.4, 0.5) is 0 Å². The van der Waals surface area contributed by atoms with Crippen LogP contribution in [-0.4, -0.2) is 36.5 Å². The maximum absolute atomic E-state index is 11.6. The molecule has 1 amide bonds. The lowest BCUT2D eigenvalue weighted by Crippen LogP contribution is -2.62. The Labute approximate surface area is 73.1 Å². The minimum absolute atomic E-state index is 0.0808. The summed E-state index contributed by atoms with van der Waals surface area (Å²) in [6, 6.07) is 0.477. The number of nitrogens with one attached hydrogen (secondary N) is 1. The van der Waals surface area contributed by atoms with Gasteiger partial charge < -0.3 is 10.2 Å². The van der Waals surface area contributed by atoms with E-state index in [-0.39, 0.29) is 5.41 Å². The van der Waals surface area contributed by atoms with E-state index in [1.807, 2.05) is 18.7 Å². The van der Waals surface area contributed by atoms with E-state index < -0.39 is 0 Å². The molecule has 2 aliphatic rings. The van der Waals surface area contributed by atoms with Crippen molar-refractivity contribution in [2.75, 3.05) is 19.6 Å². The van der Waals surface area contributed by atoms with E-state index >= 15 is 0 Å². The molecule has 0 aromatic carbocycles. The number of rotatable bonds is 1. The highest BCUT2D eigenvalue weighted by atomic mass is 16.2. The molecule has 0 saturated carbocycles. The van der Waals surface area contributed by atoms with Crippen molar-refractivity contribution in [3.8, 4) is 0 Å². The smallest absolute Gasteiger partial charge is 0.230 e. The maximum Gasteiger partial charge on any atom is 0.230 e. The van der Waals surface area contributed by atoms with E-state index in [1.54, 1.807) is 0 Å². The first-order valence-corrected chi connectivity index (χ1v) is 4.63. The third-order valence-corrected chi connectivity index (χ3v) is 2.88.